The van der Waals surface area contributed by atoms with E-state index in [4.69, 9.17) is 0 Å². The molecule has 132 valence electrons. The normalized spacial score (nSPS) is 30.9. The maximum Gasteiger partial charge on any atom is 0.0125 e. The van der Waals surface area contributed by atoms with E-state index in [0.29, 0.717) is 11.8 Å². The molecule has 3 aliphatic carbocycles. The zero-order valence-electron chi connectivity index (χ0n) is 17.5. The van der Waals surface area contributed by atoms with Crippen LogP contribution in [0.25, 0.3) is 0 Å². The minimum atomic E-state index is 0.185. The summed E-state index contributed by atoms with van der Waals surface area (Å²) in [6.07, 6.45) is 10.0. The van der Waals surface area contributed by atoms with Gasteiger partial charge in [0.2, 0.25) is 0 Å². The molecule has 0 nitrogen and oxygen atoms in total. The molecule has 0 aliphatic heterocycles. The largest absolute Gasteiger partial charge is 0.0726 e. The maximum absolute atomic E-state index is 2.59. The van der Waals surface area contributed by atoms with E-state index in [2.05, 4.69) is 93.5 Å². The molecule has 0 bridgehead atoms. The Morgan fingerprint density at radius 2 is 1.29 bits per heavy atom. The van der Waals surface area contributed by atoms with Crippen molar-refractivity contribution in [3.05, 3.63) is 46.6 Å². The summed E-state index contributed by atoms with van der Waals surface area (Å²) >= 11 is 0. The summed E-state index contributed by atoms with van der Waals surface area (Å²) in [7, 11) is 0. The minimum Gasteiger partial charge on any atom is -0.0726 e. The highest BCUT2D eigenvalue weighted by Crippen LogP contribution is 2.66. The summed E-state index contributed by atoms with van der Waals surface area (Å²) in [6, 6.07) is 0. The van der Waals surface area contributed by atoms with Gasteiger partial charge in [-0.1, -0.05) is 110 Å². The van der Waals surface area contributed by atoms with Crippen molar-refractivity contribution in [1.29, 1.82) is 0 Å². The molecule has 2 unspecified atom stereocenters. The van der Waals surface area contributed by atoms with Crippen LogP contribution in [0.1, 0.15) is 69.2 Å². The molecular weight excluding hydrogens is 288 g/mol. The van der Waals surface area contributed by atoms with Crippen molar-refractivity contribution in [1.82, 2.24) is 0 Å². The zero-order chi connectivity index (χ0) is 18.3. The lowest BCUT2D eigenvalue weighted by Crippen LogP contribution is -2.46. The summed E-state index contributed by atoms with van der Waals surface area (Å²) in [5.74, 6) is 1.10. The van der Waals surface area contributed by atoms with Gasteiger partial charge >= 0.3 is 0 Å². The van der Waals surface area contributed by atoms with E-state index >= 15 is 0 Å². The Balaban J connectivity index is 2.19. The summed E-state index contributed by atoms with van der Waals surface area (Å²) in [6.45, 7) is 24.0. The fraction of sp³-hybridized carbons (Fsp3) is 0.667. The van der Waals surface area contributed by atoms with Gasteiger partial charge in [0.05, 0.1) is 0 Å². The van der Waals surface area contributed by atoms with Crippen molar-refractivity contribution in [2.45, 2.75) is 69.2 Å². The van der Waals surface area contributed by atoms with Gasteiger partial charge in [-0.05, 0) is 27.2 Å². The third kappa shape index (κ3) is 2.25. The topological polar surface area (TPSA) is 0 Å². The van der Waals surface area contributed by atoms with Crippen LogP contribution in [0.2, 0.25) is 0 Å². The molecule has 3 aliphatic rings. The highest BCUT2D eigenvalue weighted by atomic mass is 14.6. The predicted octanol–water partition coefficient (Wildman–Crippen LogP) is 7.11. The second-order valence-electron chi connectivity index (χ2n) is 11.2. The van der Waals surface area contributed by atoms with Gasteiger partial charge in [0.15, 0.2) is 0 Å². The smallest absolute Gasteiger partial charge is 0.0125 e. The summed E-state index contributed by atoms with van der Waals surface area (Å²) < 4.78 is 0. The van der Waals surface area contributed by atoms with Crippen LogP contribution in [0.5, 0.6) is 0 Å². The molecule has 24 heavy (non-hydrogen) atoms. The number of hydrogen-bond acceptors (Lipinski definition) is 0. The first-order valence-corrected chi connectivity index (χ1v) is 9.56. The van der Waals surface area contributed by atoms with Crippen molar-refractivity contribution < 1.29 is 0 Å². The zero-order valence-corrected chi connectivity index (χ0v) is 17.5. The third-order valence-electron chi connectivity index (χ3n) is 7.24. The van der Waals surface area contributed by atoms with Crippen LogP contribution in [-0.2, 0) is 0 Å². The molecule has 1 fully saturated rings. The maximum atomic E-state index is 2.59. The molecule has 0 N–H and O–H groups in total. The van der Waals surface area contributed by atoms with Gasteiger partial charge in [-0.2, -0.15) is 0 Å². The molecule has 0 aromatic carbocycles. The molecule has 0 heterocycles. The van der Waals surface area contributed by atoms with Crippen LogP contribution in [0.15, 0.2) is 46.6 Å². The molecule has 2 atom stereocenters. The van der Waals surface area contributed by atoms with E-state index in [0.717, 1.165) is 0 Å². The lowest BCUT2D eigenvalue weighted by molar-refractivity contribution is 0.132. The van der Waals surface area contributed by atoms with Crippen LogP contribution >= 0.6 is 0 Å². The van der Waals surface area contributed by atoms with Gasteiger partial charge in [-0.25, -0.2) is 0 Å². The number of hydrogen-bond donors (Lipinski definition) is 0. The summed E-state index contributed by atoms with van der Waals surface area (Å²) in [5, 5.41) is 0. The van der Waals surface area contributed by atoms with Gasteiger partial charge in [-0.3, -0.25) is 0 Å². The lowest BCUT2D eigenvalue weighted by atomic mass is 9.49. The summed E-state index contributed by atoms with van der Waals surface area (Å²) in [5.41, 5.74) is 7.25. The fourth-order valence-electron chi connectivity index (χ4n) is 4.91. The molecule has 0 radical (unpaired) electrons. The Hall–Kier alpha value is -1.04. The lowest BCUT2D eigenvalue weighted by Gasteiger charge is -2.55. The first-order chi connectivity index (χ1) is 10.7. The second kappa shape index (κ2) is 4.77. The third-order valence-corrected chi connectivity index (χ3v) is 7.24. The van der Waals surface area contributed by atoms with Crippen molar-refractivity contribution in [2.24, 2.45) is 33.5 Å². The Labute approximate surface area is 149 Å². The van der Waals surface area contributed by atoms with Gasteiger partial charge < -0.3 is 0 Å². The first kappa shape index (κ1) is 17.8. The average Bonchev–Trinajstić information content (AvgIpc) is 3.00. The molecule has 0 spiro atoms. The summed E-state index contributed by atoms with van der Waals surface area (Å²) in [4.78, 5) is 0. The van der Waals surface area contributed by atoms with Crippen molar-refractivity contribution in [3.63, 3.8) is 0 Å². The number of fused-ring (bicyclic) bond motifs is 3. The standard InChI is InChI=1S/C24H36/c1-21(2,3)15-13-16-19(14-15)24(9,10)23(7,8)18-12-11-17(20(16)18)22(4,5)6/h11-14,16,20H,1-10H3. The van der Waals surface area contributed by atoms with Crippen molar-refractivity contribution in [2.75, 3.05) is 0 Å². The van der Waals surface area contributed by atoms with Crippen LogP contribution in [-0.4, -0.2) is 0 Å². The average molecular weight is 325 g/mol. The van der Waals surface area contributed by atoms with Crippen LogP contribution in [0, 0.1) is 33.5 Å². The Bertz CT molecular complexity index is 687. The molecular formula is C24H36. The van der Waals surface area contributed by atoms with Crippen LogP contribution < -0.4 is 0 Å². The van der Waals surface area contributed by atoms with Crippen LogP contribution in [0.4, 0.5) is 0 Å². The molecule has 0 aromatic heterocycles. The highest BCUT2D eigenvalue weighted by molar-refractivity contribution is 5.55. The van der Waals surface area contributed by atoms with E-state index < -0.39 is 0 Å². The van der Waals surface area contributed by atoms with E-state index in [-0.39, 0.29) is 21.7 Å². The van der Waals surface area contributed by atoms with E-state index in [1.54, 1.807) is 16.7 Å². The Morgan fingerprint density at radius 3 is 1.79 bits per heavy atom. The van der Waals surface area contributed by atoms with E-state index in [1.165, 1.54) is 5.57 Å². The van der Waals surface area contributed by atoms with Gasteiger partial charge in [0, 0.05) is 11.8 Å². The molecule has 1 saturated carbocycles. The molecule has 0 aromatic rings. The number of allylic oxidation sites excluding steroid dienone is 8. The monoisotopic (exact) mass is 324 g/mol. The SMILES string of the molecule is CC(C)(C)C1=CC2C(=C1)C(C)(C)C(C)(C)C1=CC=C(C(C)(C)C)C12. The number of rotatable bonds is 0. The van der Waals surface area contributed by atoms with E-state index in [1.807, 2.05) is 0 Å². The van der Waals surface area contributed by atoms with E-state index in [9.17, 15) is 0 Å². The first-order valence-electron chi connectivity index (χ1n) is 9.56. The fourth-order valence-corrected chi connectivity index (χ4v) is 4.91. The Morgan fingerprint density at radius 1 is 0.750 bits per heavy atom. The molecule has 3 rings (SSSR count). The van der Waals surface area contributed by atoms with Crippen LogP contribution in [0.3, 0.4) is 0 Å². The van der Waals surface area contributed by atoms with Crippen molar-refractivity contribution in [3.8, 4) is 0 Å². The predicted molar refractivity (Wildman–Crippen MR) is 106 cm³/mol. The quantitative estimate of drug-likeness (QED) is 0.445. The molecule has 0 amide bonds. The second-order valence-corrected chi connectivity index (χ2v) is 11.2. The minimum absolute atomic E-state index is 0.185. The van der Waals surface area contributed by atoms with Gasteiger partial charge in [0.1, 0.15) is 0 Å². The van der Waals surface area contributed by atoms with Gasteiger partial charge in [-0.15, -0.1) is 0 Å². The molecule has 0 heteroatoms. The Kier molecular flexibility index (Phi) is 3.53. The highest BCUT2D eigenvalue weighted by Gasteiger charge is 2.56. The van der Waals surface area contributed by atoms with Crippen molar-refractivity contribution >= 4 is 0 Å². The molecule has 0 saturated heterocycles. The van der Waals surface area contributed by atoms with Gasteiger partial charge in [0.25, 0.3) is 0 Å².